The fraction of sp³-hybridized carbons (Fsp3) is 0.538. The van der Waals surface area contributed by atoms with Crippen molar-refractivity contribution in [2.75, 3.05) is 38.5 Å². The van der Waals surface area contributed by atoms with E-state index in [-0.39, 0.29) is 12.0 Å². The van der Waals surface area contributed by atoms with Crippen molar-refractivity contribution in [1.29, 1.82) is 0 Å². The molecule has 6 nitrogen and oxygen atoms in total. The molecular formula is C13H20N4O2. The summed E-state index contributed by atoms with van der Waals surface area (Å²) >= 11 is 0. The number of carbonyl (C=O) groups excluding carboxylic acids is 1. The maximum atomic E-state index is 12.0. The van der Waals surface area contributed by atoms with Gasteiger partial charge >= 0.3 is 0 Å². The molecule has 1 aromatic rings. The van der Waals surface area contributed by atoms with Crippen LogP contribution in [0.2, 0.25) is 0 Å². The second-order valence-electron chi connectivity index (χ2n) is 4.56. The molecule has 1 aliphatic heterocycles. The Bertz CT molecular complexity index is 438. The van der Waals surface area contributed by atoms with Crippen LogP contribution in [0.15, 0.2) is 18.5 Å². The van der Waals surface area contributed by atoms with E-state index < -0.39 is 0 Å². The van der Waals surface area contributed by atoms with Crippen LogP contribution in [0.1, 0.15) is 17.3 Å². The molecule has 3 N–H and O–H groups in total. The van der Waals surface area contributed by atoms with Crippen LogP contribution in [0, 0.1) is 0 Å². The number of hydrogen-bond acceptors (Lipinski definition) is 5. The molecule has 1 atom stereocenters. The third kappa shape index (κ3) is 3.65. The number of rotatable bonds is 4. The van der Waals surface area contributed by atoms with E-state index in [0.29, 0.717) is 24.4 Å². The molecule has 1 fully saturated rings. The number of nitrogens with two attached hydrogens (primary N) is 1. The summed E-state index contributed by atoms with van der Waals surface area (Å²) in [5, 5.41) is 2.84. The molecule has 104 valence electrons. The van der Waals surface area contributed by atoms with Crippen LogP contribution in [0.25, 0.3) is 0 Å². The lowest BCUT2D eigenvalue weighted by atomic mass is 10.2. The van der Waals surface area contributed by atoms with Crippen molar-refractivity contribution in [3.05, 3.63) is 24.0 Å². The predicted octanol–water partition coefficient (Wildman–Crippen LogP) is 0.114. The number of pyridine rings is 1. The van der Waals surface area contributed by atoms with Crippen molar-refractivity contribution in [2.45, 2.75) is 13.0 Å². The Morgan fingerprint density at radius 1 is 1.68 bits per heavy atom. The van der Waals surface area contributed by atoms with E-state index in [1.807, 2.05) is 0 Å². The van der Waals surface area contributed by atoms with Gasteiger partial charge in [-0.3, -0.25) is 14.7 Å². The van der Waals surface area contributed by atoms with E-state index in [9.17, 15) is 4.79 Å². The molecule has 6 heteroatoms. The maximum Gasteiger partial charge on any atom is 0.255 e. The Balaban J connectivity index is 1.85. The first-order valence-corrected chi connectivity index (χ1v) is 6.52. The molecule has 2 rings (SSSR count). The van der Waals surface area contributed by atoms with Crippen molar-refractivity contribution >= 4 is 11.6 Å². The van der Waals surface area contributed by atoms with Gasteiger partial charge in [0.1, 0.15) is 0 Å². The topological polar surface area (TPSA) is 80.5 Å². The molecule has 1 aliphatic rings. The number of carbonyl (C=O) groups is 1. The molecule has 0 bridgehead atoms. The molecule has 1 unspecified atom stereocenters. The van der Waals surface area contributed by atoms with Crippen LogP contribution < -0.4 is 11.1 Å². The summed E-state index contributed by atoms with van der Waals surface area (Å²) in [7, 11) is 0. The van der Waals surface area contributed by atoms with Gasteiger partial charge in [-0.15, -0.1) is 0 Å². The summed E-state index contributed by atoms with van der Waals surface area (Å²) in [5.41, 5.74) is 6.58. The predicted molar refractivity (Wildman–Crippen MR) is 72.8 cm³/mol. The number of anilines is 1. The molecule has 0 aromatic carbocycles. The minimum Gasteiger partial charge on any atom is -0.398 e. The van der Waals surface area contributed by atoms with Crippen molar-refractivity contribution in [3.8, 4) is 0 Å². The lowest BCUT2D eigenvalue weighted by Crippen LogP contribution is -2.47. The normalized spacial score (nSPS) is 20.2. The van der Waals surface area contributed by atoms with Gasteiger partial charge in [0.15, 0.2) is 0 Å². The minimum absolute atomic E-state index is 0.0375. The molecule has 19 heavy (non-hydrogen) atoms. The van der Waals surface area contributed by atoms with Crippen molar-refractivity contribution in [3.63, 3.8) is 0 Å². The number of likely N-dealkylation sites (N-methyl/N-ethyl adjacent to an activating group) is 1. The quantitative estimate of drug-likeness (QED) is 0.807. The Morgan fingerprint density at radius 3 is 3.26 bits per heavy atom. The van der Waals surface area contributed by atoms with Crippen LogP contribution >= 0.6 is 0 Å². The van der Waals surface area contributed by atoms with Gasteiger partial charge in [-0.25, -0.2) is 0 Å². The fourth-order valence-electron chi connectivity index (χ4n) is 2.09. The molecule has 1 saturated heterocycles. The molecule has 0 spiro atoms. The van der Waals surface area contributed by atoms with Crippen molar-refractivity contribution < 1.29 is 9.53 Å². The smallest absolute Gasteiger partial charge is 0.255 e. The van der Waals surface area contributed by atoms with Gasteiger partial charge in [0, 0.05) is 37.7 Å². The monoisotopic (exact) mass is 264 g/mol. The zero-order valence-electron chi connectivity index (χ0n) is 11.1. The summed E-state index contributed by atoms with van der Waals surface area (Å²) in [6.45, 7) is 6.13. The van der Waals surface area contributed by atoms with E-state index in [4.69, 9.17) is 10.5 Å². The van der Waals surface area contributed by atoms with E-state index in [2.05, 4.69) is 22.1 Å². The number of aromatic nitrogens is 1. The number of hydrogen-bond donors (Lipinski definition) is 2. The zero-order chi connectivity index (χ0) is 13.7. The van der Waals surface area contributed by atoms with Crippen LogP contribution in [-0.4, -0.2) is 54.7 Å². The molecular weight excluding hydrogens is 244 g/mol. The maximum absolute atomic E-state index is 12.0. The Kier molecular flexibility index (Phi) is 4.70. The van der Waals surface area contributed by atoms with Crippen LogP contribution in [0.4, 0.5) is 5.69 Å². The number of ether oxygens (including phenoxy) is 1. The second-order valence-corrected chi connectivity index (χ2v) is 4.56. The van der Waals surface area contributed by atoms with Gasteiger partial charge in [-0.05, 0) is 12.6 Å². The standard InChI is InChI=1S/C13H20N4O2/c1-2-17-5-6-19-10(9-17)7-16-13(18)11-8-15-4-3-12(11)14/h3-4,8,10H,2,5-7,9H2,1H3,(H2,14,15)(H,16,18). The van der Waals surface area contributed by atoms with Crippen LogP contribution in [0.3, 0.4) is 0 Å². The average Bonchev–Trinajstić information content (AvgIpc) is 2.45. The fourth-order valence-corrected chi connectivity index (χ4v) is 2.09. The largest absolute Gasteiger partial charge is 0.398 e. The molecule has 0 aliphatic carbocycles. The van der Waals surface area contributed by atoms with E-state index >= 15 is 0 Å². The first kappa shape index (κ1) is 13.8. The van der Waals surface area contributed by atoms with Gasteiger partial charge in [-0.2, -0.15) is 0 Å². The first-order chi connectivity index (χ1) is 9.20. The van der Waals surface area contributed by atoms with E-state index in [1.165, 1.54) is 6.20 Å². The first-order valence-electron chi connectivity index (χ1n) is 6.52. The number of amides is 1. The van der Waals surface area contributed by atoms with Gasteiger partial charge in [0.05, 0.1) is 18.3 Å². The number of morpholine rings is 1. The highest BCUT2D eigenvalue weighted by Crippen LogP contribution is 2.09. The highest BCUT2D eigenvalue weighted by atomic mass is 16.5. The van der Waals surface area contributed by atoms with E-state index in [0.717, 1.165) is 19.6 Å². The average molecular weight is 264 g/mol. The lowest BCUT2D eigenvalue weighted by molar-refractivity contribution is -0.0246. The lowest BCUT2D eigenvalue weighted by Gasteiger charge is -2.32. The summed E-state index contributed by atoms with van der Waals surface area (Å²) in [4.78, 5) is 18.2. The molecule has 0 saturated carbocycles. The highest BCUT2D eigenvalue weighted by molar-refractivity contribution is 5.98. The Labute approximate surface area is 112 Å². The number of nitrogens with zero attached hydrogens (tertiary/aromatic N) is 2. The second kappa shape index (κ2) is 6.49. The van der Waals surface area contributed by atoms with Crippen molar-refractivity contribution in [2.24, 2.45) is 0 Å². The molecule has 2 heterocycles. The summed E-state index contributed by atoms with van der Waals surface area (Å²) in [6, 6.07) is 1.62. The molecule has 1 amide bonds. The van der Waals surface area contributed by atoms with Gasteiger partial charge in [0.2, 0.25) is 0 Å². The molecule has 0 radical (unpaired) electrons. The molecule has 1 aromatic heterocycles. The van der Waals surface area contributed by atoms with Gasteiger partial charge in [0.25, 0.3) is 5.91 Å². The van der Waals surface area contributed by atoms with E-state index in [1.54, 1.807) is 12.3 Å². The van der Waals surface area contributed by atoms with Crippen LogP contribution in [0.5, 0.6) is 0 Å². The Hall–Kier alpha value is -1.66. The third-order valence-electron chi connectivity index (χ3n) is 3.26. The zero-order valence-corrected chi connectivity index (χ0v) is 11.1. The van der Waals surface area contributed by atoms with Gasteiger partial charge < -0.3 is 15.8 Å². The summed E-state index contributed by atoms with van der Waals surface area (Å²) in [5.74, 6) is -0.206. The summed E-state index contributed by atoms with van der Waals surface area (Å²) in [6.07, 6.45) is 3.08. The summed E-state index contributed by atoms with van der Waals surface area (Å²) < 4.78 is 5.62. The Morgan fingerprint density at radius 2 is 2.53 bits per heavy atom. The van der Waals surface area contributed by atoms with Crippen LogP contribution in [-0.2, 0) is 4.74 Å². The highest BCUT2D eigenvalue weighted by Gasteiger charge is 2.20. The third-order valence-corrected chi connectivity index (χ3v) is 3.26. The van der Waals surface area contributed by atoms with Crippen molar-refractivity contribution in [1.82, 2.24) is 15.2 Å². The SMILES string of the molecule is CCN1CCOC(CNC(=O)c2cnccc2N)C1. The number of nitrogens with one attached hydrogen (secondary N) is 1. The number of nitrogen functional groups attached to an aromatic ring is 1. The van der Waals surface area contributed by atoms with Gasteiger partial charge in [-0.1, -0.05) is 6.92 Å². The minimum atomic E-state index is -0.206.